The molecule has 6 nitrogen and oxygen atoms in total. The monoisotopic (exact) mass is 314 g/mol. The number of benzene rings is 1. The van der Waals surface area contributed by atoms with Crippen LogP contribution in [0.5, 0.6) is 11.5 Å². The van der Waals surface area contributed by atoms with E-state index in [0.717, 1.165) is 35.7 Å². The van der Waals surface area contributed by atoms with E-state index < -0.39 is 0 Å². The van der Waals surface area contributed by atoms with E-state index in [1.807, 2.05) is 35.2 Å². The Labute approximate surface area is 134 Å². The summed E-state index contributed by atoms with van der Waals surface area (Å²) in [5.74, 6) is 2.28. The number of carbonyl (C=O) groups excluding carboxylic acids is 1. The smallest absolute Gasteiger partial charge is 0.318 e. The van der Waals surface area contributed by atoms with Crippen molar-refractivity contribution in [2.45, 2.75) is 32.0 Å². The minimum absolute atomic E-state index is 0.0680. The second kappa shape index (κ2) is 5.87. The van der Waals surface area contributed by atoms with Gasteiger partial charge in [0.2, 0.25) is 6.79 Å². The van der Waals surface area contributed by atoms with Crippen LogP contribution in [0, 0.1) is 0 Å². The average molecular weight is 314 g/mol. The van der Waals surface area contributed by atoms with Gasteiger partial charge in [0.1, 0.15) is 5.76 Å². The molecule has 1 fully saturated rings. The van der Waals surface area contributed by atoms with Gasteiger partial charge in [0, 0.05) is 12.6 Å². The lowest BCUT2D eigenvalue weighted by atomic mass is 10.2. The highest BCUT2D eigenvalue weighted by molar-refractivity contribution is 5.75. The molecule has 2 heterocycles. The summed E-state index contributed by atoms with van der Waals surface area (Å²) in [6, 6.07) is 9.67. The number of rotatable bonds is 5. The Bertz CT molecular complexity index is 695. The summed E-state index contributed by atoms with van der Waals surface area (Å²) in [6.45, 7) is 1.21. The molecule has 0 bridgehead atoms. The lowest BCUT2D eigenvalue weighted by Gasteiger charge is -2.21. The first-order chi connectivity index (χ1) is 11.3. The van der Waals surface area contributed by atoms with Crippen molar-refractivity contribution in [2.75, 3.05) is 6.79 Å². The molecule has 0 atom stereocenters. The van der Waals surface area contributed by atoms with Crippen LogP contribution in [0.2, 0.25) is 0 Å². The summed E-state index contributed by atoms with van der Waals surface area (Å²) in [7, 11) is 0. The van der Waals surface area contributed by atoms with Crippen molar-refractivity contribution < 1.29 is 18.7 Å². The Morgan fingerprint density at radius 1 is 1.22 bits per heavy atom. The molecule has 0 radical (unpaired) electrons. The normalized spacial score (nSPS) is 15.5. The summed E-state index contributed by atoms with van der Waals surface area (Å²) in [5, 5.41) is 2.97. The van der Waals surface area contributed by atoms with Gasteiger partial charge >= 0.3 is 6.03 Å². The molecule has 1 aliphatic heterocycles. The van der Waals surface area contributed by atoms with Crippen LogP contribution >= 0.6 is 0 Å². The second-order valence-electron chi connectivity index (χ2n) is 5.78. The zero-order chi connectivity index (χ0) is 15.6. The highest BCUT2D eigenvalue weighted by Crippen LogP contribution is 2.32. The molecule has 23 heavy (non-hydrogen) atoms. The van der Waals surface area contributed by atoms with Crippen LogP contribution in [0.1, 0.15) is 24.2 Å². The third kappa shape index (κ3) is 3.11. The summed E-state index contributed by atoms with van der Waals surface area (Å²) >= 11 is 0. The molecule has 1 N–H and O–H groups in total. The van der Waals surface area contributed by atoms with Crippen LogP contribution in [0.3, 0.4) is 0 Å². The van der Waals surface area contributed by atoms with E-state index in [4.69, 9.17) is 13.9 Å². The van der Waals surface area contributed by atoms with Gasteiger partial charge in [-0.15, -0.1) is 0 Å². The van der Waals surface area contributed by atoms with Gasteiger partial charge < -0.3 is 24.1 Å². The first-order valence-corrected chi connectivity index (χ1v) is 7.75. The molecule has 4 rings (SSSR count). The number of amides is 2. The average Bonchev–Trinajstić information content (AvgIpc) is 3.08. The number of fused-ring (bicyclic) bond motifs is 1. The van der Waals surface area contributed by atoms with Crippen molar-refractivity contribution in [3.8, 4) is 11.5 Å². The Hall–Kier alpha value is -2.63. The number of nitrogens with one attached hydrogen (secondary N) is 1. The molecular formula is C17H18N2O4. The topological polar surface area (TPSA) is 63.9 Å². The number of hydrogen-bond donors (Lipinski definition) is 1. The van der Waals surface area contributed by atoms with Crippen LogP contribution in [0.15, 0.2) is 41.0 Å². The molecule has 0 spiro atoms. The van der Waals surface area contributed by atoms with Gasteiger partial charge in [-0.2, -0.15) is 0 Å². The first kappa shape index (κ1) is 14.0. The fourth-order valence-corrected chi connectivity index (χ4v) is 2.65. The van der Waals surface area contributed by atoms with Crippen LogP contribution in [0.25, 0.3) is 0 Å². The Balaban J connectivity index is 1.38. The number of ether oxygens (including phenoxy) is 2. The fourth-order valence-electron chi connectivity index (χ4n) is 2.65. The second-order valence-corrected chi connectivity index (χ2v) is 5.78. The Morgan fingerprint density at radius 3 is 2.87 bits per heavy atom. The van der Waals surface area contributed by atoms with Crippen molar-refractivity contribution in [3.63, 3.8) is 0 Å². The van der Waals surface area contributed by atoms with Gasteiger partial charge in [-0.05, 0) is 42.7 Å². The van der Waals surface area contributed by atoms with Crippen LogP contribution in [0.4, 0.5) is 4.79 Å². The number of hydrogen-bond acceptors (Lipinski definition) is 4. The lowest BCUT2D eigenvalue weighted by Crippen LogP contribution is -2.40. The maximum absolute atomic E-state index is 12.5. The van der Waals surface area contributed by atoms with Crippen molar-refractivity contribution in [2.24, 2.45) is 0 Å². The highest BCUT2D eigenvalue weighted by Gasteiger charge is 2.33. The van der Waals surface area contributed by atoms with Gasteiger partial charge in [0.05, 0.1) is 12.8 Å². The van der Waals surface area contributed by atoms with E-state index in [9.17, 15) is 4.79 Å². The fraction of sp³-hybridized carbons (Fsp3) is 0.353. The van der Waals surface area contributed by atoms with Gasteiger partial charge in [-0.3, -0.25) is 0 Å². The summed E-state index contributed by atoms with van der Waals surface area (Å²) in [6.07, 6.45) is 3.74. The van der Waals surface area contributed by atoms with E-state index in [1.54, 1.807) is 6.26 Å². The number of carbonyl (C=O) groups is 1. The van der Waals surface area contributed by atoms with E-state index in [-0.39, 0.29) is 12.8 Å². The summed E-state index contributed by atoms with van der Waals surface area (Å²) < 4.78 is 16.0. The van der Waals surface area contributed by atoms with Crippen molar-refractivity contribution in [3.05, 3.63) is 47.9 Å². The molecule has 6 heteroatoms. The maximum Gasteiger partial charge on any atom is 0.318 e. The van der Waals surface area contributed by atoms with Crippen molar-refractivity contribution in [1.29, 1.82) is 0 Å². The van der Waals surface area contributed by atoms with E-state index in [1.165, 1.54) is 0 Å². The SMILES string of the molecule is O=C(NCc1ccc2c(c1)OCO2)N(Cc1ccco1)C1CC1. The molecule has 1 aliphatic carbocycles. The molecule has 0 unspecified atom stereocenters. The van der Waals surface area contributed by atoms with Gasteiger partial charge in [0.25, 0.3) is 0 Å². The molecule has 1 saturated carbocycles. The molecule has 0 saturated heterocycles. The van der Waals surface area contributed by atoms with Crippen molar-refractivity contribution in [1.82, 2.24) is 10.2 Å². The zero-order valence-corrected chi connectivity index (χ0v) is 12.7. The Morgan fingerprint density at radius 2 is 2.09 bits per heavy atom. The molecule has 2 aliphatic rings. The molecule has 1 aromatic heterocycles. The minimum atomic E-state index is -0.0680. The van der Waals surface area contributed by atoms with Gasteiger partial charge in [0.15, 0.2) is 11.5 Å². The van der Waals surface area contributed by atoms with E-state index in [2.05, 4.69) is 5.32 Å². The van der Waals surface area contributed by atoms with Gasteiger partial charge in [-0.25, -0.2) is 4.79 Å². The predicted molar refractivity (Wildman–Crippen MR) is 82.1 cm³/mol. The van der Waals surface area contributed by atoms with Crippen LogP contribution in [-0.4, -0.2) is 23.8 Å². The number of urea groups is 1. The third-order valence-electron chi connectivity index (χ3n) is 4.04. The quantitative estimate of drug-likeness (QED) is 0.921. The molecular weight excluding hydrogens is 296 g/mol. The zero-order valence-electron chi connectivity index (χ0n) is 12.7. The lowest BCUT2D eigenvalue weighted by molar-refractivity contribution is 0.174. The standard InChI is InChI=1S/C17H18N2O4/c20-17(19(13-4-5-13)10-14-2-1-7-21-14)18-9-12-3-6-15-16(8-12)23-11-22-15/h1-3,6-8,13H,4-5,9-11H2,(H,18,20). The third-order valence-corrected chi connectivity index (χ3v) is 4.04. The number of furan rings is 1. The molecule has 2 amide bonds. The maximum atomic E-state index is 12.5. The molecule has 120 valence electrons. The van der Waals surface area contributed by atoms with Gasteiger partial charge in [-0.1, -0.05) is 6.07 Å². The summed E-state index contributed by atoms with van der Waals surface area (Å²) in [5.41, 5.74) is 0.983. The van der Waals surface area contributed by atoms with Crippen molar-refractivity contribution >= 4 is 6.03 Å². The molecule has 1 aromatic carbocycles. The Kier molecular flexibility index (Phi) is 3.57. The number of nitrogens with zero attached hydrogens (tertiary/aromatic N) is 1. The summed E-state index contributed by atoms with van der Waals surface area (Å²) in [4.78, 5) is 14.3. The first-order valence-electron chi connectivity index (χ1n) is 7.75. The predicted octanol–water partition coefficient (Wildman–Crippen LogP) is 2.88. The minimum Gasteiger partial charge on any atom is -0.467 e. The molecule has 2 aromatic rings. The highest BCUT2D eigenvalue weighted by atomic mass is 16.7. The largest absolute Gasteiger partial charge is 0.467 e. The van der Waals surface area contributed by atoms with Crippen LogP contribution < -0.4 is 14.8 Å². The van der Waals surface area contributed by atoms with E-state index in [0.29, 0.717) is 19.1 Å². The van der Waals surface area contributed by atoms with E-state index >= 15 is 0 Å². The van der Waals surface area contributed by atoms with Crippen LogP contribution in [-0.2, 0) is 13.1 Å².